The average Bonchev–Trinajstić information content (AvgIpc) is 3.14. The molecule has 0 amide bonds. The van der Waals surface area contributed by atoms with Gasteiger partial charge in [-0.05, 0) is 16.8 Å². The smallest absolute Gasteiger partial charge is 0.158 e. The Morgan fingerprint density at radius 3 is 2.77 bits per heavy atom. The number of rotatable bonds is 1. The minimum absolute atomic E-state index is 0.757. The number of thiophene rings is 2. The number of hydrogen-bond acceptors (Lipinski definition) is 5. The van der Waals surface area contributed by atoms with Crippen LogP contribution in [0, 0.1) is 0 Å². The molecule has 106 valence electrons. The summed E-state index contributed by atoms with van der Waals surface area (Å²) in [6, 6.07) is 14.9. The van der Waals surface area contributed by atoms with E-state index < -0.39 is 0 Å². The van der Waals surface area contributed by atoms with Crippen LogP contribution in [0.15, 0.2) is 47.8 Å². The largest absolute Gasteiger partial charge is 0.307 e. The van der Waals surface area contributed by atoms with Gasteiger partial charge in [0.1, 0.15) is 0 Å². The van der Waals surface area contributed by atoms with Gasteiger partial charge in [0.15, 0.2) is 5.82 Å². The minimum atomic E-state index is 0.757. The number of nitrogens with zero attached hydrogens (tertiary/aromatic N) is 1. The average molecular weight is 321 g/mol. The molecule has 0 aliphatic rings. The molecule has 0 fully saturated rings. The van der Waals surface area contributed by atoms with Gasteiger partial charge in [-0.15, -0.1) is 22.7 Å². The lowest BCUT2D eigenvalue weighted by molar-refractivity contribution is 1.29. The summed E-state index contributed by atoms with van der Waals surface area (Å²) in [7, 11) is 0. The number of nitrogens with two attached hydrogens (primary N) is 1. The topological polar surface area (TPSA) is 50.9 Å². The molecule has 22 heavy (non-hydrogen) atoms. The second kappa shape index (κ2) is 4.39. The second-order valence-electron chi connectivity index (χ2n) is 5.22. The van der Waals surface area contributed by atoms with Crippen LogP contribution in [0.25, 0.3) is 41.2 Å². The monoisotopic (exact) mass is 321 g/mol. The number of hydrogen-bond donors (Lipinski definition) is 2. The van der Waals surface area contributed by atoms with Gasteiger partial charge < -0.3 is 5.43 Å². The Balaban J connectivity index is 2.13. The number of anilines is 1. The Bertz CT molecular complexity index is 1170. The quantitative estimate of drug-likeness (QED) is 0.256. The van der Waals surface area contributed by atoms with E-state index >= 15 is 0 Å². The third-order valence-corrected chi connectivity index (χ3v) is 6.32. The van der Waals surface area contributed by atoms with Gasteiger partial charge in [0.25, 0.3) is 0 Å². The standard InChI is InChI=1S/C17H11N3S2/c18-20-16-15-13(12-7-8-21-17(12)22-15)11-6-5-9-3-1-2-4-10(9)14(11)19-16/h1-8H,18H2,(H,19,20). The van der Waals surface area contributed by atoms with E-state index in [0.29, 0.717) is 0 Å². The molecule has 3 aromatic heterocycles. The fourth-order valence-electron chi connectivity index (χ4n) is 3.10. The predicted molar refractivity (Wildman–Crippen MR) is 97.8 cm³/mol. The highest BCUT2D eigenvalue weighted by atomic mass is 32.2. The summed E-state index contributed by atoms with van der Waals surface area (Å²) >= 11 is 3.52. The first-order valence-corrected chi connectivity index (χ1v) is 8.64. The molecule has 0 saturated heterocycles. The van der Waals surface area contributed by atoms with Crippen molar-refractivity contribution in [1.82, 2.24) is 4.98 Å². The third kappa shape index (κ3) is 1.50. The van der Waals surface area contributed by atoms with Crippen molar-refractivity contribution in [3.05, 3.63) is 47.8 Å². The number of benzene rings is 2. The van der Waals surface area contributed by atoms with E-state index in [1.807, 2.05) is 0 Å². The van der Waals surface area contributed by atoms with E-state index in [1.165, 1.54) is 25.6 Å². The zero-order chi connectivity index (χ0) is 14.7. The van der Waals surface area contributed by atoms with Gasteiger partial charge in [0, 0.05) is 21.5 Å². The molecule has 5 heteroatoms. The first-order chi connectivity index (χ1) is 10.9. The molecule has 0 radical (unpaired) electrons. The molecule has 0 spiro atoms. The number of nitrogen functional groups attached to an aromatic ring is 1. The maximum Gasteiger partial charge on any atom is 0.158 e. The van der Waals surface area contributed by atoms with Gasteiger partial charge in [-0.3, -0.25) is 0 Å². The van der Waals surface area contributed by atoms with E-state index in [9.17, 15) is 0 Å². The maximum absolute atomic E-state index is 5.74. The maximum atomic E-state index is 5.74. The van der Waals surface area contributed by atoms with Crippen LogP contribution in [0.1, 0.15) is 0 Å². The summed E-state index contributed by atoms with van der Waals surface area (Å²) < 4.78 is 2.45. The minimum Gasteiger partial charge on any atom is -0.307 e. The van der Waals surface area contributed by atoms with E-state index in [0.717, 1.165) is 21.4 Å². The fraction of sp³-hybridized carbons (Fsp3) is 0. The van der Waals surface area contributed by atoms with Crippen molar-refractivity contribution in [3.8, 4) is 0 Å². The molecule has 2 aromatic carbocycles. The molecule has 0 unspecified atom stereocenters. The summed E-state index contributed by atoms with van der Waals surface area (Å²) in [5.74, 6) is 6.50. The van der Waals surface area contributed by atoms with E-state index in [4.69, 9.17) is 10.8 Å². The van der Waals surface area contributed by atoms with Crippen LogP contribution in [0.5, 0.6) is 0 Å². The number of nitrogens with one attached hydrogen (secondary N) is 1. The Kier molecular flexibility index (Phi) is 2.47. The molecule has 0 bridgehead atoms. The predicted octanol–water partition coefficient (Wildman–Crippen LogP) is 5.10. The summed E-state index contributed by atoms with van der Waals surface area (Å²) in [5.41, 5.74) is 3.79. The molecular weight excluding hydrogens is 310 g/mol. The Labute approximate surface area is 134 Å². The number of pyridine rings is 1. The molecule has 3 N–H and O–H groups in total. The molecule has 5 aromatic rings. The lowest BCUT2D eigenvalue weighted by Gasteiger charge is -2.08. The van der Waals surface area contributed by atoms with Crippen molar-refractivity contribution in [2.24, 2.45) is 5.84 Å². The van der Waals surface area contributed by atoms with Crippen molar-refractivity contribution in [1.29, 1.82) is 0 Å². The Morgan fingerprint density at radius 2 is 1.86 bits per heavy atom. The van der Waals surface area contributed by atoms with Crippen molar-refractivity contribution in [2.75, 3.05) is 5.43 Å². The van der Waals surface area contributed by atoms with Crippen LogP contribution in [-0.2, 0) is 0 Å². The van der Waals surface area contributed by atoms with Crippen molar-refractivity contribution in [3.63, 3.8) is 0 Å². The van der Waals surface area contributed by atoms with Gasteiger partial charge in [-0.2, -0.15) is 0 Å². The van der Waals surface area contributed by atoms with Gasteiger partial charge in [0.2, 0.25) is 0 Å². The van der Waals surface area contributed by atoms with Crippen molar-refractivity contribution < 1.29 is 0 Å². The zero-order valence-electron chi connectivity index (χ0n) is 11.5. The number of hydrazine groups is 1. The highest BCUT2D eigenvalue weighted by Gasteiger charge is 2.16. The van der Waals surface area contributed by atoms with Gasteiger partial charge >= 0.3 is 0 Å². The summed E-state index contributed by atoms with van der Waals surface area (Å²) in [6.07, 6.45) is 0. The Hall–Kier alpha value is -2.21. The number of aromatic nitrogens is 1. The van der Waals surface area contributed by atoms with Crippen LogP contribution in [0.3, 0.4) is 0 Å². The first kappa shape index (κ1) is 12.3. The second-order valence-corrected chi connectivity index (χ2v) is 7.41. The first-order valence-electron chi connectivity index (χ1n) is 6.94. The Morgan fingerprint density at radius 1 is 0.955 bits per heavy atom. The lowest BCUT2D eigenvalue weighted by atomic mass is 10.0. The molecular formula is C17H11N3S2. The zero-order valence-corrected chi connectivity index (χ0v) is 13.1. The van der Waals surface area contributed by atoms with Gasteiger partial charge in [-0.25, -0.2) is 10.8 Å². The molecule has 0 atom stereocenters. The molecule has 0 saturated carbocycles. The van der Waals surface area contributed by atoms with Crippen LogP contribution in [0.2, 0.25) is 0 Å². The highest BCUT2D eigenvalue weighted by molar-refractivity contribution is 7.41. The van der Waals surface area contributed by atoms with Crippen LogP contribution in [-0.4, -0.2) is 4.98 Å². The van der Waals surface area contributed by atoms with Gasteiger partial charge in [0.05, 0.1) is 14.2 Å². The molecule has 3 nitrogen and oxygen atoms in total. The SMILES string of the molecule is NNc1nc2c3ccccc3ccc2c2c1sc1sccc12. The molecule has 0 aliphatic carbocycles. The normalized spacial score (nSPS) is 11.9. The lowest BCUT2D eigenvalue weighted by Crippen LogP contribution is -2.08. The fourth-order valence-corrected chi connectivity index (χ4v) is 5.32. The molecule has 5 rings (SSSR count). The van der Waals surface area contributed by atoms with Gasteiger partial charge in [-0.1, -0.05) is 36.4 Å². The molecule has 0 aliphatic heterocycles. The number of fused-ring (bicyclic) bond motifs is 7. The summed E-state index contributed by atoms with van der Waals surface area (Å²) in [5, 5.41) is 8.24. The van der Waals surface area contributed by atoms with Crippen LogP contribution in [0.4, 0.5) is 5.82 Å². The van der Waals surface area contributed by atoms with Crippen LogP contribution < -0.4 is 11.3 Å². The van der Waals surface area contributed by atoms with Crippen molar-refractivity contribution in [2.45, 2.75) is 0 Å². The summed E-state index contributed by atoms with van der Waals surface area (Å²) in [6.45, 7) is 0. The third-order valence-electron chi connectivity index (χ3n) is 4.07. The van der Waals surface area contributed by atoms with Crippen LogP contribution >= 0.6 is 22.7 Å². The highest BCUT2D eigenvalue weighted by Crippen LogP contribution is 2.44. The summed E-state index contributed by atoms with van der Waals surface area (Å²) in [4.78, 5) is 4.80. The van der Waals surface area contributed by atoms with E-state index in [1.54, 1.807) is 22.7 Å². The van der Waals surface area contributed by atoms with Crippen molar-refractivity contribution >= 4 is 69.7 Å². The van der Waals surface area contributed by atoms with E-state index in [-0.39, 0.29) is 0 Å². The van der Waals surface area contributed by atoms with E-state index in [2.05, 4.69) is 53.3 Å². The molecule has 3 heterocycles.